The van der Waals surface area contributed by atoms with Crippen LogP contribution in [0.5, 0.6) is 5.75 Å². The van der Waals surface area contributed by atoms with Crippen molar-refractivity contribution in [2.24, 2.45) is 5.73 Å². The molecular weight excluding hydrogens is 532 g/mol. The van der Waals surface area contributed by atoms with Crippen LogP contribution in [0.2, 0.25) is 0 Å². The van der Waals surface area contributed by atoms with E-state index >= 15 is 8.78 Å². The monoisotopic (exact) mass is 560 g/mol. The Morgan fingerprint density at radius 2 is 1.70 bits per heavy atom. The quantitative estimate of drug-likeness (QED) is 0.196. The maximum atomic E-state index is 15.2. The summed E-state index contributed by atoms with van der Waals surface area (Å²) in [4.78, 5) is 23.9. The molecule has 0 aliphatic heterocycles. The lowest BCUT2D eigenvalue weighted by atomic mass is 9.96. The minimum absolute atomic E-state index is 0.0257. The van der Waals surface area contributed by atoms with Gasteiger partial charge in [-0.3, -0.25) is 14.2 Å². The van der Waals surface area contributed by atoms with Crippen LogP contribution < -0.4 is 27.1 Å². The van der Waals surface area contributed by atoms with Crippen molar-refractivity contribution >= 4 is 17.4 Å². The highest BCUT2D eigenvalue weighted by Crippen LogP contribution is 2.42. The smallest absolute Gasteiger partial charge is 0.320 e. The average molecular weight is 561 g/mol. The molecule has 4 rings (SSSR count). The summed E-state index contributed by atoms with van der Waals surface area (Å²) in [5.74, 6) is -5.34. The summed E-state index contributed by atoms with van der Waals surface area (Å²) in [6.45, 7) is 0.493. The number of nitrogens with zero attached hydrogens (tertiary/aromatic N) is 1. The predicted octanol–water partition coefficient (Wildman–Crippen LogP) is 3.73. The van der Waals surface area contributed by atoms with E-state index in [0.29, 0.717) is 29.4 Å². The van der Waals surface area contributed by atoms with E-state index in [1.807, 2.05) is 0 Å². The third-order valence-electron chi connectivity index (χ3n) is 6.40. The molecule has 212 valence electrons. The number of carboxylic acid groups (broad SMARTS) is 1. The minimum atomic E-state index is -1.12. The number of pyridine rings is 1. The second-order valence-electron chi connectivity index (χ2n) is 9.27. The number of nitrogens with two attached hydrogens (primary N) is 2. The molecule has 8 nitrogen and oxygen atoms in total. The molecule has 1 atom stereocenters. The number of halogens is 4. The Morgan fingerprint density at radius 1 is 1.02 bits per heavy atom. The largest absolute Gasteiger partial charge is 0.493 e. The van der Waals surface area contributed by atoms with Crippen LogP contribution in [0.15, 0.2) is 52.8 Å². The second-order valence-corrected chi connectivity index (χ2v) is 9.27. The molecule has 0 amide bonds. The highest BCUT2D eigenvalue weighted by Gasteiger charge is 2.27. The van der Waals surface area contributed by atoms with Gasteiger partial charge < -0.3 is 26.6 Å². The van der Waals surface area contributed by atoms with E-state index in [4.69, 9.17) is 21.3 Å². The number of benzene rings is 2. The molecule has 0 saturated heterocycles. The Balaban J connectivity index is 1.58. The molecule has 1 fully saturated rings. The van der Waals surface area contributed by atoms with E-state index in [2.05, 4.69) is 5.32 Å². The summed E-state index contributed by atoms with van der Waals surface area (Å²) in [6.07, 6.45) is 1.83. The number of carbonyl (C=O) groups is 1. The molecule has 0 radical (unpaired) electrons. The van der Waals surface area contributed by atoms with Crippen LogP contribution in [0.4, 0.5) is 23.4 Å². The molecule has 1 aliphatic rings. The zero-order chi connectivity index (χ0) is 29.0. The first-order chi connectivity index (χ1) is 19.1. The molecule has 1 saturated carbocycles. The molecule has 2 aromatic carbocycles. The standard InChI is InChI=1S/C28H28F4N4O4/c29-16-4-5-18(20(30)12-16)25(15-2-3-15)19-6-7-24(37)36(27(19)34)26-21(31)13-17(14-22(26)32)40-11-1-10-35-23(8-9-33)28(38)39/h4-7,12-14,23,35H,1-3,8-11,33-34H2,(H,38,39)/t23-/m0/s1. The highest BCUT2D eigenvalue weighted by atomic mass is 19.1. The number of nitrogens with one attached hydrogen (secondary N) is 1. The van der Waals surface area contributed by atoms with Gasteiger partial charge in [0.2, 0.25) is 0 Å². The number of hydrogen-bond donors (Lipinski definition) is 4. The number of hydrogen-bond acceptors (Lipinski definition) is 6. The average Bonchev–Trinajstić information content (AvgIpc) is 3.72. The SMILES string of the molecule is NCC[C@H](NCCCOc1cc(F)c(-n2c(N)c(C(=C3CC3)c3ccc(F)cc3F)ccc2=O)c(F)c1)C(=O)O. The molecule has 0 bridgehead atoms. The Hall–Kier alpha value is -4.16. The molecule has 3 aromatic rings. The Bertz CT molecular complexity index is 1490. The summed E-state index contributed by atoms with van der Waals surface area (Å²) in [5, 5.41) is 11.9. The molecule has 6 N–H and O–H groups in total. The van der Waals surface area contributed by atoms with Crippen molar-refractivity contribution in [3.8, 4) is 11.4 Å². The van der Waals surface area contributed by atoms with Gasteiger partial charge in [0.25, 0.3) is 5.56 Å². The fraction of sp³-hybridized carbons (Fsp3) is 0.286. The van der Waals surface area contributed by atoms with Gasteiger partial charge in [0.05, 0.1) is 6.61 Å². The number of aliphatic carboxylic acids is 1. The van der Waals surface area contributed by atoms with E-state index in [0.717, 1.165) is 35.9 Å². The molecule has 1 heterocycles. The van der Waals surface area contributed by atoms with Gasteiger partial charge in [-0.1, -0.05) is 5.57 Å². The number of carboxylic acids is 1. The van der Waals surface area contributed by atoms with Crippen molar-refractivity contribution in [1.29, 1.82) is 0 Å². The lowest BCUT2D eigenvalue weighted by molar-refractivity contribution is -0.139. The van der Waals surface area contributed by atoms with Crippen molar-refractivity contribution in [3.63, 3.8) is 0 Å². The lowest BCUT2D eigenvalue weighted by Crippen LogP contribution is -2.39. The van der Waals surface area contributed by atoms with Crippen LogP contribution in [0.25, 0.3) is 11.3 Å². The maximum Gasteiger partial charge on any atom is 0.320 e. The third-order valence-corrected chi connectivity index (χ3v) is 6.40. The van der Waals surface area contributed by atoms with E-state index in [1.54, 1.807) is 0 Å². The molecule has 0 unspecified atom stereocenters. The summed E-state index contributed by atoms with van der Waals surface area (Å²) < 4.78 is 64.7. The molecule has 12 heteroatoms. The van der Waals surface area contributed by atoms with E-state index in [-0.39, 0.29) is 48.8 Å². The van der Waals surface area contributed by atoms with Gasteiger partial charge >= 0.3 is 5.97 Å². The van der Waals surface area contributed by atoms with Gasteiger partial charge in [-0.15, -0.1) is 0 Å². The van der Waals surface area contributed by atoms with Gasteiger partial charge in [0.1, 0.15) is 34.9 Å². The Labute approximate surface area is 226 Å². The number of rotatable bonds is 12. The molecule has 1 aliphatic carbocycles. The van der Waals surface area contributed by atoms with Crippen molar-refractivity contribution in [2.45, 2.75) is 31.7 Å². The maximum absolute atomic E-state index is 15.2. The van der Waals surface area contributed by atoms with Crippen LogP contribution in [0.3, 0.4) is 0 Å². The fourth-order valence-corrected chi connectivity index (χ4v) is 4.38. The first kappa shape index (κ1) is 28.8. The van der Waals surface area contributed by atoms with Crippen LogP contribution in [0, 0.1) is 23.3 Å². The second kappa shape index (κ2) is 12.3. The lowest BCUT2D eigenvalue weighted by Gasteiger charge is -2.18. The number of aromatic nitrogens is 1. The van der Waals surface area contributed by atoms with Crippen molar-refractivity contribution in [1.82, 2.24) is 9.88 Å². The van der Waals surface area contributed by atoms with Gasteiger partial charge in [-0.05, 0) is 62.5 Å². The Morgan fingerprint density at radius 3 is 2.30 bits per heavy atom. The summed E-state index contributed by atoms with van der Waals surface area (Å²) in [6, 6.07) is 6.48. The van der Waals surface area contributed by atoms with E-state index < -0.39 is 46.5 Å². The van der Waals surface area contributed by atoms with Gasteiger partial charge in [0.15, 0.2) is 11.6 Å². The van der Waals surface area contributed by atoms with Gasteiger partial charge in [0, 0.05) is 35.4 Å². The zero-order valence-electron chi connectivity index (χ0n) is 21.4. The minimum Gasteiger partial charge on any atom is -0.493 e. The normalized spacial score (nSPS) is 13.3. The molecule has 40 heavy (non-hydrogen) atoms. The number of anilines is 1. The van der Waals surface area contributed by atoms with Crippen LogP contribution in [0.1, 0.15) is 36.8 Å². The highest BCUT2D eigenvalue weighted by molar-refractivity contribution is 5.88. The molecular formula is C28H28F4N4O4. The fourth-order valence-electron chi connectivity index (χ4n) is 4.38. The zero-order valence-corrected chi connectivity index (χ0v) is 21.4. The molecule has 1 aromatic heterocycles. The van der Waals surface area contributed by atoms with E-state index in [1.165, 1.54) is 12.1 Å². The van der Waals surface area contributed by atoms with Crippen LogP contribution in [-0.2, 0) is 4.79 Å². The third kappa shape index (κ3) is 6.35. The Kier molecular flexibility index (Phi) is 8.90. The predicted molar refractivity (Wildman–Crippen MR) is 141 cm³/mol. The first-order valence-corrected chi connectivity index (χ1v) is 12.6. The first-order valence-electron chi connectivity index (χ1n) is 12.6. The van der Waals surface area contributed by atoms with Gasteiger partial charge in [-0.25, -0.2) is 17.6 Å². The van der Waals surface area contributed by atoms with Crippen LogP contribution in [-0.4, -0.2) is 41.4 Å². The summed E-state index contributed by atoms with van der Waals surface area (Å²) in [5.41, 5.74) is 11.5. The van der Waals surface area contributed by atoms with Crippen molar-refractivity contribution < 1.29 is 32.2 Å². The van der Waals surface area contributed by atoms with Gasteiger partial charge in [-0.2, -0.15) is 0 Å². The number of ether oxygens (including phenoxy) is 1. The molecule has 0 spiro atoms. The summed E-state index contributed by atoms with van der Waals surface area (Å²) in [7, 11) is 0. The van der Waals surface area contributed by atoms with E-state index in [9.17, 15) is 18.4 Å². The topological polar surface area (TPSA) is 133 Å². The number of nitrogen functional groups attached to an aromatic ring is 1. The van der Waals surface area contributed by atoms with Crippen LogP contribution >= 0.6 is 0 Å². The number of allylic oxidation sites excluding steroid dienone is 1. The van der Waals surface area contributed by atoms with Crippen molar-refractivity contribution in [2.75, 3.05) is 25.4 Å². The summed E-state index contributed by atoms with van der Waals surface area (Å²) >= 11 is 0. The van der Waals surface area contributed by atoms with Crippen molar-refractivity contribution in [3.05, 3.63) is 92.8 Å².